The Hall–Kier alpha value is -1.07. The monoisotopic (exact) mass is 319 g/mol. The molecule has 0 unspecified atom stereocenters. The van der Waals surface area contributed by atoms with Crippen LogP contribution in [-0.2, 0) is 4.79 Å². The summed E-state index contributed by atoms with van der Waals surface area (Å²) in [5.41, 5.74) is 0.326. The summed E-state index contributed by atoms with van der Waals surface area (Å²) in [4.78, 5) is 22.3. The average Bonchev–Trinajstić information content (AvgIpc) is 2.25. The third kappa shape index (κ3) is 4.02. The Morgan fingerprint density at radius 2 is 2.18 bits per heavy atom. The van der Waals surface area contributed by atoms with E-state index in [4.69, 9.17) is 16.7 Å². The molecule has 1 rings (SSSR count). The molecule has 4 nitrogen and oxygen atoms in total. The van der Waals surface area contributed by atoms with Gasteiger partial charge in [-0.1, -0.05) is 34.5 Å². The number of carboxylic acids is 1. The summed E-state index contributed by atoms with van der Waals surface area (Å²) in [7, 11) is 0. The maximum absolute atomic E-state index is 11.7. The highest BCUT2D eigenvalue weighted by Crippen LogP contribution is 2.21. The summed E-state index contributed by atoms with van der Waals surface area (Å²) in [6, 6.07) is 4.88. The summed E-state index contributed by atoms with van der Waals surface area (Å²) in [5.74, 6) is -1.96. The number of rotatable bonds is 4. The Morgan fingerprint density at radius 1 is 1.53 bits per heavy atom. The van der Waals surface area contributed by atoms with Crippen LogP contribution < -0.4 is 5.32 Å². The van der Waals surface area contributed by atoms with Crippen molar-refractivity contribution in [3.8, 4) is 0 Å². The minimum atomic E-state index is -0.952. The fraction of sp³-hybridized carbons (Fsp3) is 0.273. The zero-order valence-corrected chi connectivity index (χ0v) is 11.4. The Morgan fingerprint density at radius 3 is 2.71 bits per heavy atom. The van der Waals surface area contributed by atoms with Gasteiger partial charge in [-0.3, -0.25) is 9.59 Å². The van der Waals surface area contributed by atoms with Gasteiger partial charge in [0.15, 0.2) is 0 Å². The van der Waals surface area contributed by atoms with Gasteiger partial charge < -0.3 is 10.4 Å². The standard InChI is InChI=1S/C11H11BrClNO3/c1-6(11(16)17)5-14-10(15)8-3-2-7(12)4-9(8)13/h2-4,6H,5H2,1H3,(H,14,15)(H,16,17)/t6-/m0/s1. The normalized spacial score (nSPS) is 11.9. The summed E-state index contributed by atoms with van der Waals surface area (Å²) in [6.45, 7) is 1.59. The summed E-state index contributed by atoms with van der Waals surface area (Å²) in [6.07, 6.45) is 0. The van der Waals surface area contributed by atoms with E-state index in [0.717, 1.165) is 4.47 Å². The molecule has 0 fully saturated rings. The van der Waals surface area contributed by atoms with E-state index in [-0.39, 0.29) is 12.5 Å². The van der Waals surface area contributed by atoms with Crippen LogP contribution in [0.15, 0.2) is 22.7 Å². The van der Waals surface area contributed by atoms with E-state index in [1.165, 1.54) is 6.92 Å². The first-order chi connectivity index (χ1) is 7.91. The first-order valence-corrected chi connectivity index (χ1v) is 6.05. The topological polar surface area (TPSA) is 66.4 Å². The van der Waals surface area contributed by atoms with Crippen LogP contribution in [0.25, 0.3) is 0 Å². The lowest BCUT2D eigenvalue weighted by Crippen LogP contribution is -2.31. The number of halogens is 2. The van der Waals surface area contributed by atoms with E-state index in [0.29, 0.717) is 10.6 Å². The van der Waals surface area contributed by atoms with Crippen LogP contribution in [0.1, 0.15) is 17.3 Å². The highest BCUT2D eigenvalue weighted by atomic mass is 79.9. The second-order valence-electron chi connectivity index (χ2n) is 3.57. The Balaban J connectivity index is 2.67. The van der Waals surface area contributed by atoms with Gasteiger partial charge in [0, 0.05) is 11.0 Å². The number of amides is 1. The molecule has 0 heterocycles. The van der Waals surface area contributed by atoms with Crippen molar-refractivity contribution in [1.82, 2.24) is 5.32 Å². The van der Waals surface area contributed by atoms with Gasteiger partial charge in [0.1, 0.15) is 0 Å². The molecule has 1 aromatic rings. The molecule has 1 atom stereocenters. The van der Waals surface area contributed by atoms with E-state index in [2.05, 4.69) is 21.2 Å². The molecule has 6 heteroatoms. The van der Waals surface area contributed by atoms with Crippen molar-refractivity contribution in [2.75, 3.05) is 6.54 Å². The van der Waals surface area contributed by atoms with Crippen molar-refractivity contribution in [1.29, 1.82) is 0 Å². The lowest BCUT2D eigenvalue weighted by Gasteiger charge is -2.09. The molecule has 0 radical (unpaired) electrons. The number of aliphatic carboxylic acids is 1. The van der Waals surface area contributed by atoms with Crippen LogP contribution in [0, 0.1) is 5.92 Å². The van der Waals surface area contributed by atoms with Crippen molar-refractivity contribution >= 4 is 39.4 Å². The number of hydrogen-bond acceptors (Lipinski definition) is 2. The minimum Gasteiger partial charge on any atom is -0.481 e. The number of carbonyl (C=O) groups excluding carboxylic acids is 1. The Labute approximate surface area is 112 Å². The van der Waals surface area contributed by atoms with Crippen LogP contribution in [0.3, 0.4) is 0 Å². The number of carboxylic acid groups (broad SMARTS) is 1. The van der Waals surface area contributed by atoms with Gasteiger partial charge in [0.05, 0.1) is 16.5 Å². The highest BCUT2D eigenvalue weighted by Gasteiger charge is 2.14. The SMILES string of the molecule is C[C@@H](CNC(=O)c1ccc(Br)cc1Cl)C(=O)O. The van der Waals surface area contributed by atoms with Gasteiger partial charge in [-0.15, -0.1) is 0 Å². The molecular formula is C11H11BrClNO3. The van der Waals surface area contributed by atoms with E-state index >= 15 is 0 Å². The van der Waals surface area contributed by atoms with Gasteiger partial charge in [-0.05, 0) is 18.2 Å². The van der Waals surface area contributed by atoms with Crippen molar-refractivity contribution in [3.63, 3.8) is 0 Å². The average molecular weight is 321 g/mol. The molecule has 2 N–H and O–H groups in total. The van der Waals surface area contributed by atoms with Crippen molar-refractivity contribution in [3.05, 3.63) is 33.3 Å². The highest BCUT2D eigenvalue weighted by molar-refractivity contribution is 9.10. The van der Waals surface area contributed by atoms with Crippen LogP contribution in [-0.4, -0.2) is 23.5 Å². The number of nitrogens with one attached hydrogen (secondary N) is 1. The predicted octanol–water partition coefficient (Wildman–Crippen LogP) is 2.55. The van der Waals surface area contributed by atoms with E-state index in [1.54, 1.807) is 18.2 Å². The molecular weight excluding hydrogens is 309 g/mol. The maximum Gasteiger partial charge on any atom is 0.308 e. The summed E-state index contributed by atoms with van der Waals surface area (Å²) < 4.78 is 0.776. The number of benzene rings is 1. The number of carbonyl (C=O) groups is 2. The largest absolute Gasteiger partial charge is 0.481 e. The predicted molar refractivity (Wildman–Crippen MR) is 68.3 cm³/mol. The first-order valence-electron chi connectivity index (χ1n) is 4.88. The molecule has 0 aromatic heterocycles. The fourth-order valence-electron chi connectivity index (χ4n) is 1.10. The minimum absolute atomic E-state index is 0.0700. The quantitative estimate of drug-likeness (QED) is 0.896. The molecule has 0 aliphatic rings. The van der Waals surface area contributed by atoms with E-state index in [9.17, 15) is 9.59 Å². The van der Waals surface area contributed by atoms with Gasteiger partial charge in [-0.2, -0.15) is 0 Å². The van der Waals surface area contributed by atoms with Crippen molar-refractivity contribution in [2.24, 2.45) is 5.92 Å². The molecule has 0 aliphatic carbocycles. The third-order valence-corrected chi connectivity index (χ3v) is 2.97. The molecule has 0 saturated carbocycles. The van der Waals surface area contributed by atoms with E-state index < -0.39 is 11.9 Å². The van der Waals surface area contributed by atoms with Gasteiger partial charge >= 0.3 is 5.97 Å². The molecule has 92 valence electrons. The summed E-state index contributed by atoms with van der Waals surface area (Å²) >= 11 is 9.13. The van der Waals surface area contributed by atoms with E-state index in [1.807, 2.05) is 0 Å². The van der Waals surface area contributed by atoms with Crippen molar-refractivity contribution in [2.45, 2.75) is 6.92 Å². The second-order valence-corrected chi connectivity index (χ2v) is 4.90. The zero-order valence-electron chi connectivity index (χ0n) is 9.04. The molecule has 0 aliphatic heterocycles. The molecule has 0 spiro atoms. The molecule has 0 bridgehead atoms. The smallest absolute Gasteiger partial charge is 0.308 e. The molecule has 17 heavy (non-hydrogen) atoms. The molecule has 0 saturated heterocycles. The third-order valence-electron chi connectivity index (χ3n) is 2.17. The van der Waals surface area contributed by atoms with Gasteiger partial charge in [-0.25, -0.2) is 0 Å². The molecule has 1 aromatic carbocycles. The lowest BCUT2D eigenvalue weighted by atomic mass is 10.1. The van der Waals surface area contributed by atoms with Gasteiger partial charge in [0.2, 0.25) is 0 Å². The van der Waals surface area contributed by atoms with Crippen molar-refractivity contribution < 1.29 is 14.7 Å². The second kappa shape index (κ2) is 6.02. The fourth-order valence-corrected chi connectivity index (χ4v) is 1.86. The van der Waals surface area contributed by atoms with Gasteiger partial charge in [0.25, 0.3) is 5.91 Å². The van der Waals surface area contributed by atoms with Crippen LogP contribution in [0.4, 0.5) is 0 Å². The molecule has 1 amide bonds. The number of hydrogen-bond donors (Lipinski definition) is 2. The first kappa shape index (κ1) is 14.0. The van der Waals surface area contributed by atoms with Crippen LogP contribution in [0.5, 0.6) is 0 Å². The Kier molecular flexibility index (Phi) is 4.96. The maximum atomic E-state index is 11.7. The lowest BCUT2D eigenvalue weighted by molar-refractivity contribution is -0.140. The van der Waals surface area contributed by atoms with Crippen LogP contribution >= 0.6 is 27.5 Å². The van der Waals surface area contributed by atoms with Crippen LogP contribution in [0.2, 0.25) is 5.02 Å². The Bertz CT molecular complexity index is 450. The summed E-state index contributed by atoms with van der Waals surface area (Å²) in [5, 5.41) is 11.5. The zero-order chi connectivity index (χ0) is 13.0.